The lowest BCUT2D eigenvalue weighted by atomic mass is 10.0. The van der Waals surface area contributed by atoms with Crippen molar-refractivity contribution in [1.82, 2.24) is 4.90 Å². The molecular formula is C12H18N2O3. The number of benzene rings is 1. The van der Waals surface area contributed by atoms with Gasteiger partial charge in [-0.15, -0.1) is 0 Å². The number of amides is 1. The fourth-order valence-electron chi connectivity index (χ4n) is 1.74. The number of hydrogen-bond acceptors (Lipinski definition) is 4. The smallest absolute Gasteiger partial charge is 0.239 e. The lowest BCUT2D eigenvalue weighted by molar-refractivity contribution is -0.122. The number of nitrogens with two attached hydrogens (primary N) is 1. The van der Waals surface area contributed by atoms with Crippen molar-refractivity contribution in [1.29, 1.82) is 0 Å². The molecule has 1 aromatic rings. The Morgan fingerprint density at radius 2 is 1.82 bits per heavy atom. The van der Waals surface area contributed by atoms with E-state index in [9.17, 15) is 4.79 Å². The fourth-order valence-corrected chi connectivity index (χ4v) is 1.74. The summed E-state index contributed by atoms with van der Waals surface area (Å²) in [5.74, 6) is 0.804. The summed E-state index contributed by atoms with van der Waals surface area (Å²) in [6, 6.07) is 4.84. The summed E-state index contributed by atoms with van der Waals surface area (Å²) in [6.07, 6.45) is 0. The first-order valence-corrected chi connectivity index (χ1v) is 5.19. The third kappa shape index (κ3) is 2.88. The second-order valence-corrected chi connectivity index (χ2v) is 3.88. The quantitative estimate of drug-likeness (QED) is 0.823. The Kier molecular flexibility index (Phi) is 4.34. The molecular weight excluding hydrogens is 220 g/mol. The standard InChI is InChI=1S/C12H18N2O3/c1-14(2)11(12(13)15)8-5-6-9(16-3)10(7-8)17-4/h5-7,11H,1-4H3,(H2,13,15). The van der Waals surface area contributed by atoms with Crippen molar-refractivity contribution < 1.29 is 14.3 Å². The van der Waals surface area contributed by atoms with Gasteiger partial charge in [0.2, 0.25) is 5.91 Å². The zero-order valence-electron chi connectivity index (χ0n) is 10.6. The van der Waals surface area contributed by atoms with Crippen molar-refractivity contribution >= 4 is 5.91 Å². The Morgan fingerprint density at radius 3 is 2.24 bits per heavy atom. The van der Waals surface area contributed by atoms with Gasteiger partial charge in [-0.2, -0.15) is 0 Å². The molecule has 5 heteroatoms. The highest BCUT2D eigenvalue weighted by Crippen LogP contribution is 2.31. The van der Waals surface area contributed by atoms with E-state index in [0.717, 1.165) is 5.56 Å². The lowest BCUT2D eigenvalue weighted by Gasteiger charge is -2.22. The summed E-state index contributed by atoms with van der Waals surface area (Å²) in [4.78, 5) is 13.2. The van der Waals surface area contributed by atoms with Gasteiger partial charge in [-0.25, -0.2) is 0 Å². The first kappa shape index (κ1) is 13.3. The number of ether oxygens (including phenoxy) is 2. The molecule has 0 heterocycles. The van der Waals surface area contributed by atoms with Crippen molar-refractivity contribution in [3.63, 3.8) is 0 Å². The van der Waals surface area contributed by atoms with Crippen LogP contribution in [0.15, 0.2) is 18.2 Å². The zero-order chi connectivity index (χ0) is 13.0. The molecule has 17 heavy (non-hydrogen) atoms. The molecule has 1 unspecified atom stereocenters. The van der Waals surface area contributed by atoms with Crippen molar-refractivity contribution in [2.45, 2.75) is 6.04 Å². The van der Waals surface area contributed by atoms with Crippen LogP contribution in [0.25, 0.3) is 0 Å². The van der Waals surface area contributed by atoms with Crippen molar-refractivity contribution in [3.05, 3.63) is 23.8 Å². The summed E-state index contributed by atoms with van der Waals surface area (Å²) in [5.41, 5.74) is 6.16. The van der Waals surface area contributed by atoms with Gasteiger partial charge in [0.15, 0.2) is 11.5 Å². The highest BCUT2D eigenvalue weighted by molar-refractivity contribution is 5.81. The van der Waals surface area contributed by atoms with Gasteiger partial charge in [-0.05, 0) is 31.8 Å². The SMILES string of the molecule is COc1ccc(C(C(N)=O)N(C)C)cc1OC. The number of primary amides is 1. The maximum Gasteiger partial charge on any atom is 0.239 e. The van der Waals surface area contributed by atoms with Crippen molar-refractivity contribution in [2.24, 2.45) is 5.73 Å². The van der Waals surface area contributed by atoms with Crippen LogP contribution in [0.3, 0.4) is 0 Å². The van der Waals surface area contributed by atoms with Crippen LogP contribution in [0, 0.1) is 0 Å². The number of methoxy groups -OCH3 is 2. The third-order valence-electron chi connectivity index (χ3n) is 2.51. The summed E-state index contributed by atoms with van der Waals surface area (Å²) >= 11 is 0. The zero-order valence-corrected chi connectivity index (χ0v) is 10.6. The first-order chi connectivity index (χ1) is 8.01. The van der Waals surface area contributed by atoms with Crippen LogP contribution >= 0.6 is 0 Å². The van der Waals surface area contributed by atoms with Gasteiger partial charge in [-0.1, -0.05) is 6.07 Å². The first-order valence-electron chi connectivity index (χ1n) is 5.19. The number of hydrogen-bond donors (Lipinski definition) is 1. The number of likely N-dealkylation sites (N-methyl/N-ethyl adjacent to an activating group) is 1. The van der Waals surface area contributed by atoms with Crippen LogP contribution in [-0.2, 0) is 4.79 Å². The molecule has 1 amide bonds. The van der Waals surface area contributed by atoms with Gasteiger partial charge in [0.05, 0.1) is 14.2 Å². The molecule has 0 saturated heterocycles. The van der Waals surface area contributed by atoms with E-state index >= 15 is 0 Å². The van der Waals surface area contributed by atoms with E-state index in [1.807, 2.05) is 0 Å². The molecule has 2 N–H and O–H groups in total. The Labute approximate surface area is 101 Å². The van der Waals surface area contributed by atoms with Gasteiger partial charge in [0, 0.05) is 0 Å². The van der Waals surface area contributed by atoms with Crippen LogP contribution in [0.4, 0.5) is 0 Å². The maximum atomic E-state index is 11.4. The van der Waals surface area contributed by atoms with Gasteiger partial charge in [0.25, 0.3) is 0 Å². The summed E-state index contributed by atoms with van der Waals surface area (Å²) in [6.45, 7) is 0. The molecule has 0 radical (unpaired) electrons. The molecule has 0 aliphatic heterocycles. The number of carbonyl (C=O) groups excluding carboxylic acids is 1. The average Bonchev–Trinajstić information content (AvgIpc) is 2.27. The van der Waals surface area contributed by atoms with Crippen molar-refractivity contribution in [2.75, 3.05) is 28.3 Å². The molecule has 1 atom stereocenters. The summed E-state index contributed by atoms with van der Waals surface area (Å²) < 4.78 is 10.3. The molecule has 0 saturated carbocycles. The lowest BCUT2D eigenvalue weighted by Crippen LogP contribution is -2.32. The predicted molar refractivity (Wildman–Crippen MR) is 65.2 cm³/mol. The van der Waals surface area contributed by atoms with Gasteiger partial charge < -0.3 is 15.2 Å². The second kappa shape index (κ2) is 5.54. The van der Waals surface area contributed by atoms with E-state index in [1.54, 1.807) is 51.4 Å². The molecule has 1 aromatic carbocycles. The molecule has 0 aliphatic carbocycles. The Hall–Kier alpha value is -1.75. The number of carbonyl (C=O) groups is 1. The third-order valence-corrected chi connectivity index (χ3v) is 2.51. The average molecular weight is 238 g/mol. The monoisotopic (exact) mass is 238 g/mol. The normalized spacial score (nSPS) is 12.3. The minimum atomic E-state index is -0.477. The van der Waals surface area contributed by atoms with Crippen LogP contribution < -0.4 is 15.2 Å². The largest absolute Gasteiger partial charge is 0.493 e. The molecule has 0 aromatic heterocycles. The maximum absolute atomic E-state index is 11.4. The molecule has 0 bridgehead atoms. The Bertz CT molecular complexity index is 405. The minimum Gasteiger partial charge on any atom is -0.493 e. The van der Waals surface area contributed by atoms with Crippen LogP contribution in [-0.4, -0.2) is 39.1 Å². The molecule has 1 rings (SSSR count). The number of nitrogens with zero attached hydrogens (tertiary/aromatic N) is 1. The molecule has 0 fully saturated rings. The fraction of sp³-hybridized carbons (Fsp3) is 0.417. The van der Waals surface area contributed by atoms with Crippen LogP contribution in [0.1, 0.15) is 11.6 Å². The van der Waals surface area contributed by atoms with E-state index < -0.39 is 11.9 Å². The second-order valence-electron chi connectivity index (χ2n) is 3.88. The van der Waals surface area contributed by atoms with Crippen LogP contribution in [0.5, 0.6) is 11.5 Å². The van der Waals surface area contributed by atoms with Gasteiger partial charge in [-0.3, -0.25) is 9.69 Å². The number of rotatable bonds is 5. The Balaban J connectivity index is 3.17. The van der Waals surface area contributed by atoms with Crippen LogP contribution in [0.2, 0.25) is 0 Å². The minimum absolute atomic E-state index is 0.401. The van der Waals surface area contributed by atoms with E-state index in [2.05, 4.69) is 0 Å². The van der Waals surface area contributed by atoms with Crippen molar-refractivity contribution in [3.8, 4) is 11.5 Å². The topological polar surface area (TPSA) is 64.8 Å². The summed E-state index contributed by atoms with van der Waals surface area (Å²) in [5, 5.41) is 0. The molecule has 94 valence electrons. The molecule has 0 spiro atoms. The predicted octanol–water partition coefficient (Wildman–Crippen LogP) is 0.792. The highest BCUT2D eigenvalue weighted by atomic mass is 16.5. The van der Waals surface area contributed by atoms with Gasteiger partial charge >= 0.3 is 0 Å². The van der Waals surface area contributed by atoms with E-state index in [-0.39, 0.29) is 0 Å². The van der Waals surface area contributed by atoms with Gasteiger partial charge in [0.1, 0.15) is 6.04 Å². The Morgan fingerprint density at radius 1 is 1.24 bits per heavy atom. The van der Waals surface area contributed by atoms with E-state index in [0.29, 0.717) is 11.5 Å². The highest BCUT2D eigenvalue weighted by Gasteiger charge is 2.21. The van der Waals surface area contributed by atoms with E-state index in [1.165, 1.54) is 0 Å². The summed E-state index contributed by atoms with van der Waals surface area (Å²) in [7, 11) is 6.71. The molecule has 5 nitrogen and oxygen atoms in total. The van der Waals surface area contributed by atoms with E-state index in [4.69, 9.17) is 15.2 Å². The molecule has 0 aliphatic rings.